The number of hydrogen-bond donors (Lipinski definition) is 3. The number of nitrogens with two attached hydrogens (primary N) is 1. The Labute approximate surface area is 84.2 Å². The van der Waals surface area contributed by atoms with Gasteiger partial charge < -0.3 is 15.9 Å². The van der Waals surface area contributed by atoms with Crippen LogP contribution in [0.25, 0.3) is 0 Å². The molecule has 0 fully saturated rings. The molecule has 3 heteroatoms. The minimum absolute atomic E-state index is 0.120. The van der Waals surface area contributed by atoms with Gasteiger partial charge in [0.25, 0.3) is 0 Å². The maximum atomic E-state index is 9.63. The van der Waals surface area contributed by atoms with Crippen LogP contribution in [0.1, 0.15) is 26.3 Å². The molecule has 0 aliphatic heterocycles. The van der Waals surface area contributed by atoms with E-state index in [2.05, 4.69) is 0 Å². The normalized spacial score (nSPS) is 15.5. The summed E-state index contributed by atoms with van der Waals surface area (Å²) in [5.74, 6) is 0.423. The third-order valence-electron chi connectivity index (χ3n) is 2.76. The van der Waals surface area contributed by atoms with Crippen molar-refractivity contribution >= 4 is 0 Å². The Morgan fingerprint density at radius 1 is 1.29 bits per heavy atom. The van der Waals surface area contributed by atoms with Gasteiger partial charge in [-0.2, -0.15) is 0 Å². The first-order valence-corrected chi connectivity index (χ1v) is 4.67. The van der Waals surface area contributed by atoms with Crippen LogP contribution in [0.4, 0.5) is 0 Å². The summed E-state index contributed by atoms with van der Waals surface area (Å²) in [6.45, 7) is 5.79. The van der Waals surface area contributed by atoms with Crippen molar-refractivity contribution in [2.24, 2.45) is 11.7 Å². The second-order valence-corrected chi connectivity index (χ2v) is 4.14. The summed E-state index contributed by atoms with van der Waals surface area (Å²) in [5, 5.41) is 18.9. The van der Waals surface area contributed by atoms with Crippen LogP contribution in [-0.2, 0) is 5.54 Å². The van der Waals surface area contributed by atoms with Gasteiger partial charge in [-0.15, -0.1) is 0 Å². The third-order valence-corrected chi connectivity index (χ3v) is 2.76. The van der Waals surface area contributed by atoms with E-state index in [-0.39, 0.29) is 17.4 Å². The van der Waals surface area contributed by atoms with E-state index < -0.39 is 5.54 Å². The Kier molecular flexibility index (Phi) is 2.71. The zero-order valence-electron chi connectivity index (χ0n) is 8.78. The van der Waals surface area contributed by atoms with Crippen LogP contribution < -0.4 is 5.73 Å². The van der Waals surface area contributed by atoms with Gasteiger partial charge >= 0.3 is 0 Å². The van der Waals surface area contributed by atoms with E-state index in [4.69, 9.17) is 5.73 Å². The maximum Gasteiger partial charge on any atom is 0.120 e. The van der Waals surface area contributed by atoms with Crippen molar-refractivity contribution in [3.05, 3.63) is 23.8 Å². The number of phenols is 2. The van der Waals surface area contributed by atoms with Gasteiger partial charge in [0.05, 0.1) is 0 Å². The van der Waals surface area contributed by atoms with Gasteiger partial charge in [-0.25, -0.2) is 0 Å². The number of hydrogen-bond acceptors (Lipinski definition) is 3. The number of aromatic hydroxyl groups is 2. The molecule has 0 saturated heterocycles. The molecule has 1 rings (SSSR count). The van der Waals surface area contributed by atoms with Crippen LogP contribution in [0, 0.1) is 5.92 Å². The van der Waals surface area contributed by atoms with E-state index in [1.165, 1.54) is 18.2 Å². The molecule has 14 heavy (non-hydrogen) atoms. The van der Waals surface area contributed by atoms with E-state index in [1.807, 2.05) is 20.8 Å². The van der Waals surface area contributed by atoms with E-state index >= 15 is 0 Å². The zero-order valence-corrected chi connectivity index (χ0v) is 8.78. The smallest absolute Gasteiger partial charge is 0.120 e. The SMILES string of the molecule is CC(C)[C@@](C)(N)c1cc(O)ccc1O. The van der Waals surface area contributed by atoms with Crippen molar-refractivity contribution in [1.29, 1.82) is 0 Å². The zero-order chi connectivity index (χ0) is 10.9. The van der Waals surface area contributed by atoms with Crippen LogP contribution >= 0.6 is 0 Å². The first kappa shape index (κ1) is 10.9. The monoisotopic (exact) mass is 195 g/mol. The molecule has 78 valence electrons. The van der Waals surface area contributed by atoms with Gasteiger partial charge in [0, 0.05) is 11.1 Å². The lowest BCUT2D eigenvalue weighted by molar-refractivity contribution is 0.331. The highest BCUT2D eigenvalue weighted by atomic mass is 16.3. The molecular weight excluding hydrogens is 178 g/mol. The summed E-state index contributed by atoms with van der Waals surface area (Å²) in [4.78, 5) is 0. The minimum atomic E-state index is -0.636. The molecule has 0 bridgehead atoms. The van der Waals surface area contributed by atoms with Crippen molar-refractivity contribution in [2.45, 2.75) is 26.3 Å². The Morgan fingerprint density at radius 2 is 1.86 bits per heavy atom. The van der Waals surface area contributed by atoms with Crippen molar-refractivity contribution in [3.8, 4) is 11.5 Å². The maximum absolute atomic E-state index is 9.63. The molecule has 0 heterocycles. The quantitative estimate of drug-likeness (QED) is 0.632. The fourth-order valence-corrected chi connectivity index (χ4v) is 1.27. The molecule has 1 atom stereocenters. The minimum Gasteiger partial charge on any atom is -0.508 e. The molecule has 0 aliphatic rings. The lowest BCUT2D eigenvalue weighted by Gasteiger charge is -2.30. The lowest BCUT2D eigenvalue weighted by atomic mass is 9.82. The number of phenolic OH excluding ortho intramolecular Hbond substituents is 2. The fourth-order valence-electron chi connectivity index (χ4n) is 1.27. The van der Waals surface area contributed by atoms with Crippen LogP contribution in [0.3, 0.4) is 0 Å². The number of rotatable bonds is 2. The highest BCUT2D eigenvalue weighted by Crippen LogP contribution is 2.34. The molecule has 0 aromatic heterocycles. The molecule has 0 saturated carbocycles. The topological polar surface area (TPSA) is 66.5 Å². The highest BCUT2D eigenvalue weighted by Gasteiger charge is 2.28. The summed E-state index contributed by atoms with van der Waals surface area (Å²) in [6.07, 6.45) is 0. The van der Waals surface area contributed by atoms with Gasteiger partial charge in [0.1, 0.15) is 11.5 Å². The summed E-state index contributed by atoms with van der Waals surface area (Å²) >= 11 is 0. The molecule has 0 spiro atoms. The van der Waals surface area contributed by atoms with Crippen LogP contribution in [-0.4, -0.2) is 10.2 Å². The summed E-state index contributed by atoms with van der Waals surface area (Å²) in [5.41, 5.74) is 6.02. The van der Waals surface area contributed by atoms with Gasteiger partial charge in [0.2, 0.25) is 0 Å². The van der Waals surface area contributed by atoms with Gasteiger partial charge in [-0.1, -0.05) is 13.8 Å². The van der Waals surface area contributed by atoms with Crippen molar-refractivity contribution < 1.29 is 10.2 Å². The standard InChI is InChI=1S/C11H17NO2/c1-7(2)11(3,12)9-6-8(13)4-5-10(9)14/h4-7,13-14H,12H2,1-3H3/t11-/m1/s1. The molecule has 0 unspecified atom stereocenters. The predicted molar refractivity (Wildman–Crippen MR) is 56.1 cm³/mol. The third kappa shape index (κ3) is 1.82. The average molecular weight is 195 g/mol. The van der Waals surface area contributed by atoms with Gasteiger partial charge in [-0.3, -0.25) is 0 Å². The van der Waals surface area contributed by atoms with E-state index in [0.29, 0.717) is 5.56 Å². The Morgan fingerprint density at radius 3 is 2.36 bits per heavy atom. The van der Waals surface area contributed by atoms with Gasteiger partial charge in [-0.05, 0) is 31.0 Å². The molecule has 3 nitrogen and oxygen atoms in total. The van der Waals surface area contributed by atoms with Crippen molar-refractivity contribution in [1.82, 2.24) is 0 Å². The molecular formula is C11H17NO2. The average Bonchev–Trinajstić information content (AvgIpc) is 2.08. The molecule has 0 radical (unpaired) electrons. The second-order valence-electron chi connectivity index (χ2n) is 4.14. The van der Waals surface area contributed by atoms with E-state index in [1.54, 1.807) is 0 Å². The van der Waals surface area contributed by atoms with Crippen LogP contribution in [0.2, 0.25) is 0 Å². The fraction of sp³-hybridized carbons (Fsp3) is 0.455. The largest absolute Gasteiger partial charge is 0.508 e. The van der Waals surface area contributed by atoms with E-state index in [9.17, 15) is 10.2 Å². The summed E-state index contributed by atoms with van der Waals surface area (Å²) < 4.78 is 0. The first-order valence-electron chi connectivity index (χ1n) is 4.67. The molecule has 1 aromatic rings. The van der Waals surface area contributed by atoms with Gasteiger partial charge in [0.15, 0.2) is 0 Å². The molecule has 0 amide bonds. The van der Waals surface area contributed by atoms with Crippen LogP contribution in [0.5, 0.6) is 11.5 Å². The lowest BCUT2D eigenvalue weighted by Crippen LogP contribution is -2.38. The Hall–Kier alpha value is -1.22. The first-order chi connectivity index (χ1) is 6.35. The van der Waals surface area contributed by atoms with Crippen molar-refractivity contribution in [2.75, 3.05) is 0 Å². The van der Waals surface area contributed by atoms with E-state index in [0.717, 1.165) is 0 Å². The second kappa shape index (κ2) is 3.50. The number of benzene rings is 1. The molecule has 4 N–H and O–H groups in total. The summed E-state index contributed by atoms with van der Waals surface area (Å²) in [7, 11) is 0. The molecule has 0 aliphatic carbocycles. The molecule has 1 aromatic carbocycles. The predicted octanol–water partition coefficient (Wildman–Crippen LogP) is 1.93. The Bertz CT molecular complexity index is 332. The summed E-state index contributed by atoms with van der Waals surface area (Å²) in [6, 6.07) is 4.41. The van der Waals surface area contributed by atoms with Crippen LogP contribution in [0.15, 0.2) is 18.2 Å². The van der Waals surface area contributed by atoms with Crippen molar-refractivity contribution in [3.63, 3.8) is 0 Å². The Balaban J connectivity index is 3.24. The highest BCUT2D eigenvalue weighted by molar-refractivity contribution is 5.42.